The van der Waals surface area contributed by atoms with Crippen molar-refractivity contribution in [1.29, 1.82) is 0 Å². The molecule has 1 heterocycles. The summed E-state index contributed by atoms with van der Waals surface area (Å²) in [4.78, 5) is 16.2. The molecule has 1 aliphatic carbocycles. The standard InChI is InChI=1S/C16H19N3O/c20-16(18-13-6-2-1-3-7-13)19-14-8-9-15-12(11-14)5-4-10-17-15/h4-5,8-11,13H,1-3,6-7H2,(H2,18,19,20). The number of nitrogens with zero attached hydrogens (tertiary/aromatic N) is 1. The molecule has 0 aliphatic heterocycles. The Morgan fingerprint density at radius 1 is 1.15 bits per heavy atom. The highest BCUT2D eigenvalue weighted by atomic mass is 16.2. The summed E-state index contributed by atoms with van der Waals surface area (Å²) in [6, 6.07) is 9.86. The topological polar surface area (TPSA) is 54.0 Å². The maximum Gasteiger partial charge on any atom is 0.319 e. The lowest BCUT2D eigenvalue weighted by atomic mass is 9.96. The Labute approximate surface area is 118 Å². The molecule has 0 atom stereocenters. The van der Waals surface area contributed by atoms with Crippen LogP contribution < -0.4 is 10.6 Å². The average molecular weight is 269 g/mol. The predicted octanol–water partition coefficient (Wildman–Crippen LogP) is 3.69. The van der Waals surface area contributed by atoms with E-state index in [0.717, 1.165) is 29.4 Å². The van der Waals surface area contributed by atoms with Gasteiger partial charge in [0.1, 0.15) is 0 Å². The van der Waals surface area contributed by atoms with Gasteiger partial charge in [-0.05, 0) is 37.1 Å². The molecule has 0 spiro atoms. The molecule has 2 aromatic rings. The number of urea groups is 1. The summed E-state index contributed by atoms with van der Waals surface area (Å²) >= 11 is 0. The smallest absolute Gasteiger partial charge is 0.319 e. The second-order valence-electron chi connectivity index (χ2n) is 5.34. The Morgan fingerprint density at radius 3 is 2.85 bits per heavy atom. The number of aromatic nitrogens is 1. The average Bonchev–Trinajstić information content (AvgIpc) is 2.48. The minimum Gasteiger partial charge on any atom is -0.335 e. The van der Waals surface area contributed by atoms with Crippen molar-refractivity contribution in [2.45, 2.75) is 38.1 Å². The van der Waals surface area contributed by atoms with Crippen LogP contribution in [-0.2, 0) is 0 Å². The van der Waals surface area contributed by atoms with Crippen LogP contribution in [0, 0.1) is 0 Å². The Bertz CT molecular complexity index is 605. The van der Waals surface area contributed by atoms with Crippen LogP contribution in [-0.4, -0.2) is 17.1 Å². The molecule has 4 nitrogen and oxygen atoms in total. The van der Waals surface area contributed by atoms with Gasteiger partial charge in [0, 0.05) is 23.3 Å². The van der Waals surface area contributed by atoms with Crippen LogP contribution in [0.15, 0.2) is 36.5 Å². The number of pyridine rings is 1. The van der Waals surface area contributed by atoms with E-state index in [9.17, 15) is 4.79 Å². The molecule has 4 heteroatoms. The summed E-state index contributed by atoms with van der Waals surface area (Å²) in [5.74, 6) is 0. The minimum atomic E-state index is -0.111. The molecule has 0 unspecified atom stereocenters. The number of benzene rings is 1. The van der Waals surface area contributed by atoms with Crippen molar-refractivity contribution in [3.63, 3.8) is 0 Å². The van der Waals surface area contributed by atoms with Crippen LogP contribution in [0.1, 0.15) is 32.1 Å². The third kappa shape index (κ3) is 3.07. The van der Waals surface area contributed by atoms with Crippen LogP contribution in [0.25, 0.3) is 10.9 Å². The number of anilines is 1. The van der Waals surface area contributed by atoms with E-state index in [1.165, 1.54) is 19.3 Å². The van der Waals surface area contributed by atoms with Crippen molar-refractivity contribution >= 4 is 22.6 Å². The van der Waals surface area contributed by atoms with E-state index < -0.39 is 0 Å². The van der Waals surface area contributed by atoms with Gasteiger partial charge in [-0.1, -0.05) is 25.3 Å². The summed E-state index contributed by atoms with van der Waals surface area (Å²) < 4.78 is 0. The molecule has 3 rings (SSSR count). The van der Waals surface area contributed by atoms with E-state index in [-0.39, 0.29) is 6.03 Å². The zero-order valence-electron chi connectivity index (χ0n) is 11.4. The van der Waals surface area contributed by atoms with Gasteiger partial charge in [0.2, 0.25) is 0 Å². The summed E-state index contributed by atoms with van der Waals surface area (Å²) in [5.41, 5.74) is 1.74. The Kier molecular flexibility index (Phi) is 3.81. The Morgan fingerprint density at radius 2 is 2.00 bits per heavy atom. The largest absolute Gasteiger partial charge is 0.335 e. The lowest BCUT2D eigenvalue weighted by Gasteiger charge is -2.22. The number of fused-ring (bicyclic) bond motifs is 1. The zero-order chi connectivity index (χ0) is 13.8. The molecule has 2 amide bonds. The van der Waals surface area contributed by atoms with Crippen LogP contribution in [0.5, 0.6) is 0 Å². The van der Waals surface area contributed by atoms with Crippen molar-refractivity contribution in [3.8, 4) is 0 Å². The Hall–Kier alpha value is -2.10. The van der Waals surface area contributed by atoms with E-state index in [4.69, 9.17) is 0 Å². The van der Waals surface area contributed by atoms with Gasteiger partial charge >= 0.3 is 6.03 Å². The lowest BCUT2D eigenvalue weighted by Crippen LogP contribution is -2.38. The lowest BCUT2D eigenvalue weighted by molar-refractivity contribution is 0.244. The maximum atomic E-state index is 12.0. The van der Waals surface area contributed by atoms with Gasteiger partial charge in [0.05, 0.1) is 5.52 Å². The van der Waals surface area contributed by atoms with Crippen molar-refractivity contribution in [2.24, 2.45) is 0 Å². The number of amides is 2. The van der Waals surface area contributed by atoms with Crippen molar-refractivity contribution in [3.05, 3.63) is 36.5 Å². The fourth-order valence-corrected chi connectivity index (χ4v) is 2.75. The van der Waals surface area contributed by atoms with E-state index in [2.05, 4.69) is 15.6 Å². The minimum absolute atomic E-state index is 0.111. The van der Waals surface area contributed by atoms with Crippen LogP contribution >= 0.6 is 0 Å². The predicted molar refractivity (Wildman–Crippen MR) is 80.8 cm³/mol. The maximum absolute atomic E-state index is 12.0. The van der Waals surface area contributed by atoms with Gasteiger partial charge in [-0.15, -0.1) is 0 Å². The third-order valence-corrected chi connectivity index (χ3v) is 3.80. The fourth-order valence-electron chi connectivity index (χ4n) is 2.75. The summed E-state index contributed by atoms with van der Waals surface area (Å²) in [6.45, 7) is 0. The highest BCUT2D eigenvalue weighted by molar-refractivity contribution is 5.92. The second kappa shape index (κ2) is 5.90. The van der Waals surface area contributed by atoms with Crippen LogP contribution in [0.4, 0.5) is 10.5 Å². The summed E-state index contributed by atoms with van der Waals surface area (Å²) in [6.07, 6.45) is 7.67. The van der Waals surface area contributed by atoms with E-state index >= 15 is 0 Å². The first-order chi connectivity index (χ1) is 9.81. The quantitative estimate of drug-likeness (QED) is 0.873. The van der Waals surface area contributed by atoms with Crippen molar-refractivity contribution in [2.75, 3.05) is 5.32 Å². The number of carbonyl (C=O) groups excluding carboxylic acids is 1. The normalized spacial score (nSPS) is 16.0. The first-order valence-electron chi connectivity index (χ1n) is 7.23. The second-order valence-corrected chi connectivity index (χ2v) is 5.34. The molecule has 104 valence electrons. The highest BCUT2D eigenvalue weighted by Crippen LogP contribution is 2.19. The molecular weight excluding hydrogens is 250 g/mol. The van der Waals surface area contributed by atoms with Gasteiger partial charge < -0.3 is 10.6 Å². The first-order valence-corrected chi connectivity index (χ1v) is 7.23. The van der Waals surface area contributed by atoms with Crippen molar-refractivity contribution in [1.82, 2.24) is 10.3 Å². The third-order valence-electron chi connectivity index (χ3n) is 3.80. The van der Waals surface area contributed by atoms with Gasteiger partial charge in [-0.25, -0.2) is 4.79 Å². The molecule has 1 aliphatic rings. The molecule has 20 heavy (non-hydrogen) atoms. The van der Waals surface area contributed by atoms with Gasteiger partial charge in [-0.2, -0.15) is 0 Å². The highest BCUT2D eigenvalue weighted by Gasteiger charge is 2.15. The fraction of sp³-hybridized carbons (Fsp3) is 0.375. The van der Waals surface area contributed by atoms with Gasteiger partial charge in [0.25, 0.3) is 0 Å². The molecule has 0 bridgehead atoms. The van der Waals surface area contributed by atoms with Gasteiger partial charge in [0.15, 0.2) is 0 Å². The Balaban J connectivity index is 1.64. The summed E-state index contributed by atoms with van der Waals surface area (Å²) in [5, 5.41) is 6.98. The number of carbonyl (C=O) groups is 1. The molecular formula is C16H19N3O. The number of hydrogen-bond acceptors (Lipinski definition) is 2. The summed E-state index contributed by atoms with van der Waals surface area (Å²) in [7, 11) is 0. The van der Waals surface area contributed by atoms with Gasteiger partial charge in [-0.3, -0.25) is 4.98 Å². The number of nitrogens with one attached hydrogen (secondary N) is 2. The molecule has 0 radical (unpaired) electrons. The number of rotatable bonds is 2. The molecule has 0 saturated heterocycles. The zero-order valence-corrected chi connectivity index (χ0v) is 11.4. The molecule has 2 N–H and O–H groups in total. The van der Waals surface area contributed by atoms with E-state index in [0.29, 0.717) is 6.04 Å². The molecule has 1 aromatic heterocycles. The number of hydrogen-bond donors (Lipinski definition) is 2. The SMILES string of the molecule is O=C(Nc1ccc2ncccc2c1)NC1CCCCC1. The van der Waals surface area contributed by atoms with E-state index in [1.54, 1.807) is 6.20 Å². The monoisotopic (exact) mass is 269 g/mol. The van der Waals surface area contributed by atoms with E-state index in [1.807, 2.05) is 30.3 Å². The molecule has 1 saturated carbocycles. The van der Waals surface area contributed by atoms with Crippen LogP contribution in [0.3, 0.4) is 0 Å². The molecule has 1 fully saturated rings. The first kappa shape index (κ1) is 12.9. The van der Waals surface area contributed by atoms with Crippen LogP contribution in [0.2, 0.25) is 0 Å². The molecule has 1 aromatic carbocycles. The van der Waals surface area contributed by atoms with Crippen molar-refractivity contribution < 1.29 is 4.79 Å².